The van der Waals surface area contributed by atoms with Gasteiger partial charge in [-0.3, -0.25) is 9.71 Å². The molecule has 2 aromatic heterocycles. The minimum Gasteiger partial charge on any atom is -0.480 e. The van der Waals surface area contributed by atoms with Crippen LogP contribution in [0.2, 0.25) is 5.02 Å². The monoisotopic (exact) mass is 521 g/mol. The van der Waals surface area contributed by atoms with Crippen LogP contribution in [0.4, 0.5) is 10.1 Å². The molecule has 0 spiro atoms. The lowest BCUT2D eigenvalue weighted by molar-refractivity contribution is 0.385. The van der Waals surface area contributed by atoms with Gasteiger partial charge in [-0.25, -0.2) is 17.8 Å². The number of halogens is 2. The summed E-state index contributed by atoms with van der Waals surface area (Å²) in [5.74, 6) is -0.550. The van der Waals surface area contributed by atoms with Crippen LogP contribution >= 0.6 is 11.6 Å². The van der Waals surface area contributed by atoms with Crippen molar-refractivity contribution in [3.63, 3.8) is 0 Å². The van der Waals surface area contributed by atoms with Crippen molar-refractivity contribution < 1.29 is 17.5 Å². The minimum atomic E-state index is -4.08. The Labute approximate surface area is 210 Å². The van der Waals surface area contributed by atoms with Crippen molar-refractivity contribution >= 4 is 27.3 Å². The molecule has 2 heterocycles. The highest BCUT2D eigenvalue weighted by Crippen LogP contribution is 2.28. The summed E-state index contributed by atoms with van der Waals surface area (Å²) in [6.45, 7) is 8.36. The van der Waals surface area contributed by atoms with Crippen LogP contribution in [0.5, 0.6) is 5.88 Å². The van der Waals surface area contributed by atoms with Gasteiger partial charge >= 0.3 is 0 Å². The molecule has 3 N–H and O–H groups in total. The molecule has 0 aliphatic heterocycles. The molecule has 11 heteroatoms. The van der Waals surface area contributed by atoms with Gasteiger partial charge in [0.05, 0.1) is 23.5 Å². The van der Waals surface area contributed by atoms with Crippen molar-refractivity contribution in [2.75, 3.05) is 24.9 Å². The summed E-state index contributed by atoms with van der Waals surface area (Å²) >= 11 is 5.91. The van der Waals surface area contributed by atoms with E-state index in [9.17, 15) is 12.8 Å². The molecule has 3 rings (SSSR count). The second kappa shape index (κ2) is 11.3. The fourth-order valence-corrected chi connectivity index (χ4v) is 4.66. The molecule has 8 nitrogen and oxygen atoms in total. The SMILES string of the molecule is COc1ncc(Cl)cc1S(=O)(=O)Nc1ccnc(-c2ccc(CNCCNC(C)(C)C)cc2F)c1. The Morgan fingerprint density at radius 3 is 2.54 bits per heavy atom. The standard InChI is InChI=1S/C24H29ClFN5O3S/c1-24(2,3)30-10-9-27-14-16-5-6-19(20(26)11-16)21-13-18(7-8-28-21)31-35(32,33)22-12-17(25)15-29-23(22)34-4/h5-8,11-13,15,27,30H,9-10,14H2,1-4H3,(H,28,31). The van der Waals surface area contributed by atoms with E-state index < -0.39 is 15.8 Å². The zero-order chi connectivity index (χ0) is 25.6. The summed E-state index contributed by atoms with van der Waals surface area (Å²) in [4.78, 5) is 7.88. The molecule has 1 aromatic carbocycles. The first-order valence-corrected chi connectivity index (χ1v) is 12.8. The summed E-state index contributed by atoms with van der Waals surface area (Å²) in [5.41, 5.74) is 1.58. The van der Waals surface area contributed by atoms with E-state index in [0.717, 1.165) is 18.7 Å². The van der Waals surface area contributed by atoms with Crippen molar-refractivity contribution in [3.8, 4) is 17.1 Å². The number of nitrogens with one attached hydrogen (secondary N) is 3. The van der Waals surface area contributed by atoms with Gasteiger partial charge in [0.15, 0.2) is 4.90 Å². The molecular formula is C24H29ClFN5O3S. The lowest BCUT2D eigenvalue weighted by atomic mass is 10.1. The van der Waals surface area contributed by atoms with Gasteiger partial charge in [-0.2, -0.15) is 0 Å². The Balaban J connectivity index is 1.72. The molecule has 0 atom stereocenters. The second-order valence-electron chi connectivity index (χ2n) is 8.86. The minimum absolute atomic E-state index is 0.0439. The van der Waals surface area contributed by atoms with Gasteiger partial charge in [-0.15, -0.1) is 0 Å². The third-order valence-electron chi connectivity index (χ3n) is 4.88. The molecule has 0 radical (unpaired) electrons. The Hall–Kier alpha value is -2.79. The summed E-state index contributed by atoms with van der Waals surface area (Å²) in [5, 5.41) is 6.80. The predicted molar refractivity (Wildman–Crippen MR) is 136 cm³/mol. The van der Waals surface area contributed by atoms with Gasteiger partial charge in [0.2, 0.25) is 5.88 Å². The van der Waals surface area contributed by atoms with Crippen LogP contribution in [0.15, 0.2) is 53.7 Å². The van der Waals surface area contributed by atoms with Crippen molar-refractivity contribution in [3.05, 3.63) is 65.2 Å². The summed E-state index contributed by atoms with van der Waals surface area (Å²) < 4.78 is 48.2. The average molecular weight is 522 g/mol. The number of sulfonamides is 1. The number of nitrogens with zero attached hydrogens (tertiary/aromatic N) is 2. The molecule has 3 aromatic rings. The number of hydrogen-bond donors (Lipinski definition) is 3. The normalized spacial score (nSPS) is 11.9. The highest BCUT2D eigenvalue weighted by molar-refractivity contribution is 7.92. The Kier molecular flexibility index (Phi) is 8.65. The number of ether oxygens (including phenoxy) is 1. The number of methoxy groups -OCH3 is 1. The predicted octanol–water partition coefficient (Wildman–Crippen LogP) is 4.22. The third kappa shape index (κ3) is 7.60. The van der Waals surface area contributed by atoms with Gasteiger partial charge in [0, 0.05) is 43.1 Å². The number of benzene rings is 1. The molecule has 0 saturated heterocycles. The van der Waals surface area contributed by atoms with Crippen LogP contribution in [0, 0.1) is 5.82 Å². The topological polar surface area (TPSA) is 105 Å². The van der Waals surface area contributed by atoms with Crippen molar-refractivity contribution in [2.24, 2.45) is 0 Å². The van der Waals surface area contributed by atoms with Gasteiger partial charge in [-0.1, -0.05) is 17.7 Å². The quantitative estimate of drug-likeness (QED) is 0.343. The van der Waals surface area contributed by atoms with E-state index in [1.165, 1.54) is 43.8 Å². The van der Waals surface area contributed by atoms with Crippen LogP contribution in [-0.2, 0) is 16.6 Å². The first kappa shape index (κ1) is 26.8. The van der Waals surface area contributed by atoms with Crippen molar-refractivity contribution in [1.29, 1.82) is 0 Å². The maximum atomic E-state index is 14.9. The zero-order valence-electron chi connectivity index (χ0n) is 20.0. The zero-order valence-corrected chi connectivity index (χ0v) is 21.6. The van der Waals surface area contributed by atoms with Crippen LogP contribution in [0.3, 0.4) is 0 Å². The highest BCUT2D eigenvalue weighted by atomic mass is 35.5. The van der Waals surface area contributed by atoms with E-state index in [2.05, 4.69) is 46.1 Å². The van der Waals surface area contributed by atoms with Crippen LogP contribution in [0.25, 0.3) is 11.3 Å². The smallest absolute Gasteiger partial charge is 0.267 e. The summed E-state index contributed by atoms with van der Waals surface area (Å²) in [6.07, 6.45) is 2.69. The molecule has 35 heavy (non-hydrogen) atoms. The van der Waals surface area contributed by atoms with Crippen molar-refractivity contribution in [1.82, 2.24) is 20.6 Å². The lowest BCUT2D eigenvalue weighted by Crippen LogP contribution is -2.40. The molecule has 188 valence electrons. The molecular weight excluding hydrogens is 493 g/mol. The fraction of sp³-hybridized carbons (Fsp3) is 0.333. The highest BCUT2D eigenvalue weighted by Gasteiger charge is 2.22. The summed E-state index contributed by atoms with van der Waals surface area (Å²) in [7, 11) is -2.77. The molecule has 0 bridgehead atoms. The summed E-state index contributed by atoms with van der Waals surface area (Å²) in [6, 6.07) is 9.04. The number of anilines is 1. The molecule has 0 saturated carbocycles. The molecule has 0 amide bonds. The lowest BCUT2D eigenvalue weighted by Gasteiger charge is -2.20. The van der Waals surface area contributed by atoms with E-state index in [-0.39, 0.29) is 38.3 Å². The first-order chi connectivity index (χ1) is 16.5. The first-order valence-electron chi connectivity index (χ1n) is 10.9. The van der Waals surface area contributed by atoms with Gasteiger partial charge in [0.25, 0.3) is 10.0 Å². The Morgan fingerprint density at radius 2 is 1.86 bits per heavy atom. The maximum absolute atomic E-state index is 14.9. The van der Waals surface area contributed by atoms with Gasteiger partial charge in [0.1, 0.15) is 5.82 Å². The van der Waals surface area contributed by atoms with E-state index in [0.29, 0.717) is 6.54 Å². The van der Waals surface area contributed by atoms with Crippen molar-refractivity contribution in [2.45, 2.75) is 37.8 Å². The fourth-order valence-electron chi connectivity index (χ4n) is 3.24. The molecule has 0 unspecified atom stereocenters. The number of rotatable bonds is 10. The number of pyridine rings is 2. The van der Waals surface area contributed by atoms with E-state index in [1.54, 1.807) is 6.07 Å². The van der Waals surface area contributed by atoms with E-state index in [4.69, 9.17) is 16.3 Å². The third-order valence-corrected chi connectivity index (χ3v) is 6.46. The van der Waals surface area contributed by atoms with Crippen LogP contribution in [-0.4, -0.2) is 44.1 Å². The number of hydrogen-bond acceptors (Lipinski definition) is 7. The maximum Gasteiger partial charge on any atom is 0.267 e. The van der Waals surface area contributed by atoms with E-state index >= 15 is 0 Å². The Bertz CT molecular complexity index is 1280. The largest absolute Gasteiger partial charge is 0.480 e. The molecule has 0 aliphatic rings. The van der Waals surface area contributed by atoms with Crippen LogP contribution < -0.4 is 20.1 Å². The second-order valence-corrected chi connectivity index (χ2v) is 11.0. The van der Waals surface area contributed by atoms with E-state index in [1.807, 2.05) is 6.07 Å². The van der Waals surface area contributed by atoms with Gasteiger partial charge in [-0.05, 0) is 56.7 Å². The number of aromatic nitrogens is 2. The molecule has 0 aliphatic carbocycles. The molecule has 0 fully saturated rings. The van der Waals surface area contributed by atoms with Crippen LogP contribution in [0.1, 0.15) is 26.3 Å². The van der Waals surface area contributed by atoms with Gasteiger partial charge < -0.3 is 15.4 Å². The Morgan fingerprint density at radius 1 is 1.09 bits per heavy atom. The average Bonchev–Trinajstić information content (AvgIpc) is 2.78.